The summed E-state index contributed by atoms with van der Waals surface area (Å²) in [6, 6.07) is 1.98. The van der Waals surface area contributed by atoms with Gasteiger partial charge in [0.15, 0.2) is 0 Å². The Kier molecular flexibility index (Phi) is 4.29. The molecule has 0 spiro atoms. The second-order valence-corrected chi connectivity index (χ2v) is 9.75. The topological polar surface area (TPSA) is 68.5 Å². The number of rotatable bonds is 3. The zero-order chi connectivity index (χ0) is 19.4. The molecule has 0 aromatic carbocycles. The Morgan fingerprint density at radius 3 is 2.70 bits per heavy atom. The maximum absolute atomic E-state index is 13.5. The molecule has 2 aromatic heterocycles. The Morgan fingerprint density at radius 2 is 2.07 bits per heavy atom. The van der Waals surface area contributed by atoms with E-state index >= 15 is 0 Å². The average Bonchev–Trinajstić information content (AvgIpc) is 3.34. The first-order valence-electron chi connectivity index (χ1n) is 9.85. The van der Waals surface area contributed by atoms with Gasteiger partial charge in [-0.3, -0.25) is 4.79 Å². The maximum Gasteiger partial charge on any atom is 0.259 e. The Labute approximate surface area is 160 Å². The largest absolute Gasteiger partial charge is 0.372 e. The summed E-state index contributed by atoms with van der Waals surface area (Å²) < 4.78 is 11.4. The SMILES string of the molecule is CC(C)(C)Cc1noc2nc(C3CC3)cc(C(=O)N3CCOC(C)(C)C3)c12. The molecule has 2 aromatic rings. The first-order valence-corrected chi connectivity index (χ1v) is 9.85. The number of carbonyl (C=O) groups excluding carboxylic acids is 1. The van der Waals surface area contributed by atoms with E-state index in [0.29, 0.717) is 36.9 Å². The van der Waals surface area contributed by atoms with Crippen LogP contribution in [0.2, 0.25) is 0 Å². The van der Waals surface area contributed by atoms with Crippen LogP contribution >= 0.6 is 0 Å². The zero-order valence-corrected chi connectivity index (χ0v) is 17.0. The smallest absolute Gasteiger partial charge is 0.259 e. The van der Waals surface area contributed by atoms with Crippen LogP contribution in [0.4, 0.5) is 0 Å². The number of nitrogens with zero attached hydrogens (tertiary/aromatic N) is 3. The van der Waals surface area contributed by atoms with Crippen LogP contribution in [0.25, 0.3) is 11.1 Å². The number of amides is 1. The molecule has 1 amide bonds. The molecule has 2 aliphatic rings. The molecular formula is C21H29N3O3. The van der Waals surface area contributed by atoms with Crippen LogP contribution in [-0.2, 0) is 11.2 Å². The Bertz CT molecular complexity index is 875. The second kappa shape index (κ2) is 6.30. The van der Waals surface area contributed by atoms with Crippen molar-refractivity contribution < 1.29 is 14.1 Å². The Balaban J connectivity index is 1.79. The van der Waals surface area contributed by atoms with Crippen LogP contribution in [0.5, 0.6) is 0 Å². The summed E-state index contributed by atoms with van der Waals surface area (Å²) in [7, 11) is 0. The fraction of sp³-hybridized carbons (Fsp3) is 0.667. The minimum absolute atomic E-state index is 0.0269. The standard InChI is InChI=1S/C21H29N3O3/c1-20(2,3)11-16-17-14(19(25)24-8-9-26-21(4,5)12-24)10-15(13-6-7-13)22-18(17)27-23-16/h10,13H,6-9,11-12H2,1-5H3. The number of aromatic nitrogens is 2. The first kappa shape index (κ1) is 18.4. The van der Waals surface area contributed by atoms with Crippen LogP contribution in [0.15, 0.2) is 10.6 Å². The quantitative estimate of drug-likeness (QED) is 0.817. The molecule has 27 heavy (non-hydrogen) atoms. The lowest BCUT2D eigenvalue weighted by Gasteiger charge is -2.38. The third-order valence-corrected chi connectivity index (χ3v) is 5.17. The normalized spacial score (nSPS) is 20.3. The number of hydrogen-bond acceptors (Lipinski definition) is 5. The highest BCUT2D eigenvalue weighted by Gasteiger charge is 2.34. The van der Waals surface area contributed by atoms with E-state index in [-0.39, 0.29) is 16.9 Å². The molecule has 0 bridgehead atoms. The fourth-order valence-electron chi connectivity index (χ4n) is 3.77. The van der Waals surface area contributed by atoms with E-state index in [0.717, 1.165) is 36.0 Å². The van der Waals surface area contributed by atoms with Crippen molar-refractivity contribution >= 4 is 17.0 Å². The Hall–Kier alpha value is -1.95. The van der Waals surface area contributed by atoms with Gasteiger partial charge in [0.2, 0.25) is 0 Å². The van der Waals surface area contributed by atoms with E-state index in [4.69, 9.17) is 9.26 Å². The molecule has 3 heterocycles. The van der Waals surface area contributed by atoms with Crippen LogP contribution < -0.4 is 0 Å². The second-order valence-electron chi connectivity index (χ2n) is 9.75. The van der Waals surface area contributed by atoms with Gasteiger partial charge in [-0.2, -0.15) is 0 Å². The summed E-state index contributed by atoms with van der Waals surface area (Å²) in [5.41, 5.74) is 2.66. The summed E-state index contributed by atoms with van der Waals surface area (Å²) >= 11 is 0. The molecule has 1 aliphatic heterocycles. The van der Waals surface area contributed by atoms with Gasteiger partial charge in [0.1, 0.15) is 0 Å². The van der Waals surface area contributed by atoms with E-state index in [1.165, 1.54) is 0 Å². The molecule has 0 N–H and O–H groups in total. The van der Waals surface area contributed by atoms with Gasteiger partial charge in [0, 0.05) is 24.7 Å². The van der Waals surface area contributed by atoms with Crippen molar-refractivity contribution in [3.8, 4) is 0 Å². The molecule has 1 aliphatic carbocycles. The predicted octanol–water partition coefficient (Wildman–Crippen LogP) is 3.94. The monoisotopic (exact) mass is 371 g/mol. The van der Waals surface area contributed by atoms with Crippen LogP contribution in [0.3, 0.4) is 0 Å². The molecule has 4 rings (SSSR count). The first-order chi connectivity index (χ1) is 12.6. The molecule has 1 saturated heterocycles. The summed E-state index contributed by atoms with van der Waals surface area (Å²) in [6.45, 7) is 12.3. The lowest BCUT2D eigenvalue weighted by Crippen LogP contribution is -2.50. The Morgan fingerprint density at radius 1 is 1.33 bits per heavy atom. The van der Waals surface area contributed by atoms with Gasteiger partial charge in [-0.05, 0) is 44.6 Å². The van der Waals surface area contributed by atoms with Crippen molar-refractivity contribution in [1.82, 2.24) is 15.0 Å². The highest BCUT2D eigenvalue weighted by molar-refractivity contribution is 6.06. The van der Waals surface area contributed by atoms with Gasteiger partial charge in [0.05, 0.1) is 28.9 Å². The lowest BCUT2D eigenvalue weighted by atomic mass is 9.89. The fourth-order valence-corrected chi connectivity index (χ4v) is 3.77. The molecule has 0 atom stereocenters. The van der Waals surface area contributed by atoms with E-state index in [9.17, 15) is 4.79 Å². The number of ether oxygens (including phenoxy) is 1. The predicted molar refractivity (Wildman–Crippen MR) is 103 cm³/mol. The molecule has 1 saturated carbocycles. The zero-order valence-electron chi connectivity index (χ0n) is 17.0. The molecule has 0 unspecified atom stereocenters. The summed E-state index contributed by atoms with van der Waals surface area (Å²) in [5.74, 6) is 0.470. The van der Waals surface area contributed by atoms with Crippen LogP contribution in [0.1, 0.15) is 75.1 Å². The van der Waals surface area contributed by atoms with Gasteiger partial charge in [-0.1, -0.05) is 25.9 Å². The molecule has 6 nitrogen and oxygen atoms in total. The number of hydrogen-bond donors (Lipinski definition) is 0. The van der Waals surface area contributed by atoms with Gasteiger partial charge >= 0.3 is 0 Å². The van der Waals surface area contributed by atoms with Crippen LogP contribution in [-0.4, -0.2) is 46.2 Å². The van der Waals surface area contributed by atoms with Crippen molar-refractivity contribution in [3.05, 3.63) is 23.0 Å². The van der Waals surface area contributed by atoms with E-state index in [1.54, 1.807) is 0 Å². The number of fused-ring (bicyclic) bond motifs is 1. The highest BCUT2D eigenvalue weighted by atomic mass is 16.5. The third kappa shape index (κ3) is 3.86. The minimum Gasteiger partial charge on any atom is -0.372 e. The van der Waals surface area contributed by atoms with Gasteiger partial charge in [-0.25, -0.2) is 4.98 Å². The van der Waals surface area contributed by atoms with Gasteiger partial charge in [-0.15, -0.1) is 0 Å². The van der Waals surface area contributed by atoms with E-state index in [2.05, 4.69) is 30.9 Å². The molecule has 0 radical (unpaired) electrons. The van der Waals surface area contributed by atoms with Crippen molar-refractivity contribution in [1.29, 1.82) is 0 Å². The summed E-state index contributed by atoms with van der Waals surface area (Å²) in [4.78, 5) is 20.1. The number of pyridine rings is 1. The van der Waals surface area contributed by atoms with Gasteiger partial charge in [0.25, 0.3) is 11.6 Å². The number of carbonyl (C=O) groups is 1. The molecule has 146 valence electrons. The molecule has 2 fully saturated rings. The van der Waals surface area contributed by atoms with E-state index < -0.39 is 0 Å². The minimum atomic E-state index is -0.331. The molecule has 6 heteroatoms. The average molecular weight is 371 g/mol. The van der Waals surface area contributed by atoms with Crippen molar-refractivity contribution in [2.24, 2.45) is 5.41 Å². The third-order valence-electron chi connectivity index (χ3n) is 5.17. The van der Waals surface area contributed by atoms with Gasteiger partial charge < -0.3 is 14.2 Å². The number of morpholine rings is 1. The lowest BCUT2D eigenvalue weighted by molar-refractivity contribution is -0.0763. The van der Waals surface area contributed by atoms with E-state index in [1.807, 2.05) is 24.8 Å². The maximum atomic E-state index is 13.5. The summed E-state index contributed by atoms with van der Waals surface area (Å²) in [5, 5.41) is 5.07. The molecular weight excluding hydrogens is 342 g/mol. The van der Waals surface area contributed by atoms with Crippen molar-refractivity contribution in [3.63, 3.8) is 0 Å². The highest BCUT2D eigenvalue weighted by Crippen LogP contribution is 2.41. The van der Waals surface area contributed by atoms with Crippen LogP contribution in [0, 0.1) is 5.41 Å². The van der Waals surface area contributed by atoms with Crippen molar-refractivity contribution in [2.75, 3.05) is 19.7 Å². The van der Waals surface area contributed by atoms with Crippen molar-refractivity contribution in [2.45, 2.75) is 65.4 Å². The summed E-state index contributed by atoms with van der Waals surface area (Å²) in [6.07, 6.45) is 2.98.